The highest BCUT2D eigenvalue weighted by molar-refractivity contribution is 7.93. The number of halogens is 7. The molecule has 5 N–H and O–H groups in total. The number of sulfone groups is 1. The van der Waals surface area contributed by atoms with Crippen molar-refractivity contribution < 1.29 is 49.1 Å². The van der Waals surface area contributed by atoms with Gasteiger partial charge in [0.25, 0.3) is 6.43 Å². The molecule has 0 radical (unpaired) electrons. The summed E-state index contributed by atoms with van der Waals surface area (Å²) in [6.45, 7) is 1.89. The molecule has 3 saturated carbocycles. The van der Waals surface area contributed by atoms with E-state index in [1.54, 1.807) is 25.2 Å². The minimum Gasteiger partial charge on any atom is -0.405 e. The third kappa shape index (κ3) is 8.37. The number of hydrogen-bond donors (Lipinski definition) is 4. The van der Waals surface area contributed by atoms with Gasteiger partial charge in [-0.1, -0.05) is 40.5 Å². The van der Waals surface area contributed by atoms with Crippen molar-refractivity contribution in [2.75, 3.05) is 11.9 Å². The molecular formula is C45H38ClF6N9O5S. The second-order valence-electron chi connectivity index (χ2n) is 17.3. The van der Waals surface area contributed by atoms with E-state index >= 15 is 8.78 Å². The van der Waals surface area contributed by atoms with Crippen molar-refractivity contribution >= 4 is 55.8 Å². The molecule has 0 unspecified atom stereocenters. The van der Waals surface area contributed by atoms with Crippen LogP contribution in [0.5, 0.6) is 0 Å². The number of alkyl halides is 4. The van der Waals surface area contributed by atoms with E-state index in [9.17, 15) is 35.9 Å². The second kappa shape index (κ2) is 16.4. The highest BCUT2D eigenvalue weighted by atomic mass is 35.5. The average molecular weight is 966 g/mol. The minimum atomic E-state index is -3.83. The number of nitrogens with two attached hydrogens (primary N) is 1. The van der Waals surface area contributed by atoms with Crippen LogP contribution in [0.1, 0.15) is 68.4 Å². The van der Waals surface area contributed by atoms with Gasteiger partial charge in [0.2, 0.25) is 11.8 Å². The SMILES string of the molecule is Cn1nc(Nc2nnc(C3(O)CC3)o2)c2c(Cl)ccc(-c3ccc(C#CC(C)(C)S(=O)(=O)C4CC4)nc3[C@H](Cc3cc(F)cc(F)c3)NC(=O)CN=C3C(=C(N)C(F)F)[C@H]4C#C[C@H]4C3(F)F)c21. The number of nitrogens with zero attached hydrogens (tertiary/aromatic N) is 6. The number of aliphatic imine (C=N–C) groups is 1. The van der Waals surface area contributed by atoms with E-state index in [-0.39, 0.29) is 51.7 Å². The summed E-state index contributed by atoms with van der Waals surface area (Å²) >= 11 is 6.81. The van der Waals surface area contributed by atoms with Crippen LogP contribution in [0.3, 0.4) is 0 Å². The second-order valence-corrected chi connectivity index (χ2v) is 20.5. The molecule has 0 saturated heterocycles. The molecule has 2 aromatic carbocycles. The molecule has 0 spiro atoms. The van der Waals surface area contributed by atoms with Crippen molar-refractivity contribution in [2.45, 2.75) is 79.9 Å². The number of pyridine rings is 1. The van der Waals surface area contributed by atoms with Gasteiger partial charge in [-0.2, -0.15) is 13.9 Å². The monoisotopic (exact) mass is 965 g/mol. The van der Waals surface area contributed by atoms with Gasteiger partial charge < -0.3 is 20.6 Å². The molecular weight excluding hydrogens is 928 g/mol. The first-order valence-electron chi connectivity index (χ1n) is 20.8. The first kappa shape index (κ1) is 45.7. The molecule has 3 atom stereocenters. The van der Waals surface area contributed by atoms with Gasteiger partial charge in [0.1, 0.15) is 45.9 Å². The highest BCUT2D eigenvalue weighted by Crippen LogP contribution is 2.50. The number of aromatic nitrogens is 5. The molecule has 3 fully saturated rings. The summed E-state index contributed by atoms with van der Waals surface area (Å²) < 4.78 is 121. The van der Waals surface area contributed by atoms with Crippen LogP contribution in [0.15, 0.2) is 63.1 Å². The largest absolute Gasteiger partial charge is 0.405 e. The van der Waals surface area contributed by atoms with E-state index in [4.69, 9.17) is 26.7 Å². The van der Waals surface area contributed by atoms with Crippen molar-refractivity contribution in [3.05, 3.63) is 93.2 Å². The van der Waals surface area contributed by atoms with Crippen LogP contribution >= 0.6 is 11.6 Å². The number of hydrogen-bond acceptors (Lipinski definition) is 12. The summed E-state index contributed by atoms with van der Waals surface area (Å²) in [5.41, 5.74) is 2.49. The molecule has 0 bridgehead atoms. The van der Waals surface area contributed by atoms with Gasteiger partial charge in [-0.3, -0.25) is 19.8 Å². The van der Waals surface area contributed by atoms with Crippen LogP contribution in [0.4, 0.5) is 38.2 Å². The van der Waals surface area contributed by atoms with Crippen LogP contribution in [-0.2, 0) is 33.7 Å². The summed E-state index contributed by atoms with van der Waals surface area (Å²) in [6.07, 6.45) is -1.81. The fourth-order valence-corrected chi connectivity index (χ4v) is 10.2. The molecule has 4 aliphatic carbocycles. The molecule has 4 aliphatic rings. The van der Waals surface area contributed by atoms with Gasteiger partial charge >= 0.3 is 11.9 Å². The number of aliphatic hydroxyl groups is 1. The van der Waals surface area contributed by atoms with Crippen LogP contribution < -0.4 is 16.4 Å². The number of carbonyl (C=O) groups is 1. The maximum Gasteiger partial charge on any atom is 0.321 e. The lowest BCUT2D eigenvalue weighted by atomic mass is 9.85. The summed E-state index contributed by atoms with van der Waals surface area (Å²) in [6, 6.07) is 7.42. The van der Waals surface area contributed by atoms with E-state index in [0.29, 0.717) is 48.2 Å². The highest BCUT2D eigenvalue weighted by Gasteiger charge is 2.61. The number of nitrogens with one attached hydrogen (secondary N) is 2. The lowest BCUT2D eigenvalue weighted by molar-refractivity contribution is -0.120. The molecule has 3 aromatic heterocycles. The number of rotatable bonds is 13. The molecule has 67 heavy (non-hydrogen) atoms. The minimum absolute atomic E-state index is 0.000879. The Hall–Kier alpha value is -6.42. The van der Waals surface area contributed by atoms with Crippen LogP contribution in [0.25, 0.3) is 22.0 Å². The number of benzene rings is 2. The van der Waals surface area contributed by atoms with Gasteiger partial charge in [0.15, 0.2) is 15.7 Å². The fraction of sp³-hybridized carbons (Fsp3) is 0.378. The Morgan fingerprint density at radius 3 is 2.45 bits per heavy atom. The number of anilines is 2. The first-order chi connectivity index (χ1) is 31.6. The maximum atomic E-state index is 15.6. The Morgan fingerprint density at radius 1 is 1.10 bits per heavy atom. The predicted molar refractivity (Wildman–Crippen MR) is 233 cm³/mol. The van der Waals surface area contributed by atoms with E-state index in [2.05, 4.69) is 54.6 Å². The summed E-state index contributed by atoms with van der Waals surface area (Å²) in [4.78, 5) is 22.6. The third-order valence-electron chi connectivity index (χ3n) is 12.0. The van der Waals surface area contributed by atoms with Gasteiger partial charge in [-0.15, -0.1) is 5.10 Å². The van der Waals surface area contributed by atoms with E-state index < -0.39 is 96.7 Å². The Balaban J connectivity index is 1.17. The molecule has 14 nitrogen and oxygen atoms in total. The molecule has 1 amide bonds. The van der Waals surface area contributed by atoms with Crippen LogP contribution in [-0.4, -0.2) is 79.0 Å². The van der Waals surface area contributed by atoms with Crippen molar-refractivity contribution in [2.24, 2.45) is 29.6 Å². The van der Waals surface area contributed by atoms with Gasteiger partial charge in [0.05, 0.1) is 44.5 Å². The average Bonchev–Trinajstić information content (AvgIpc) is 4.15. The predicted octanol–water partition coefficient (Wildman–Crippen LogP) is 6.60. The number of amides is 1. The van der Waals surface area contributed by atoms with Gasteiger partial charge in [-0.25, -0.2) is 31.0 Å². The van der Waals surface area contributed by atoms with Crippen molar-refractivity contribution in [3.63, 3.8) is 0 Å². The fourth-order valence-electron chi connectivity index (χ4n) is 8.16. The van der Waals surface area contributed by atoms with Crippen molar-refractivity contribution in [3.8, 4) is 34.8 Å². The molecule has 5 aromatic rings. The van der Waals surface area contributed by atoms with E-state index in [1.807, 2.05) is 0 Å². The zero-order valence-corrected chi connectivity index (χ0v) is 37.1. The zero-order valence-electron chi connectivity index (χ0n) is 35.6. The van der Waals surface area contributed by atoms with E-state index in [1.165, 1.54) is 24.6 Å². The summed E-state index contributed by atoms with van der Waals surface area (Å²) in [5, 5.41) is 28.6. The quantitative estimate of drug-likeness (QED) is 0.0732. The molecule has 3 heterocycles. The molecule has 9 rings (SSSR count). The van der Waals surface area contributed by atoms with Gasteiger partial charge in [0, 0.05) is 29.8 Å². The molecule has 22 heteroatoms. The third-order valence-corrected chi connectivity index (χ3v) is 15.2. The summed E-state index contributed by atoms with van der Waals surface area (Å²) in [7, 11) is -2.09. The molecule has 348 valence electrons. The number of aryl methyl sites for hydroxylation is 1. The topological polar surface area (TPSA) is 204 Å². The Morgan fingerprint density at radius 2 is 1.81 bits per heavy atom. The van der Waals surface area contributed by atoms with Crippen LogP contribution in [0, 0.1) is 47.2 Å². The number of carbonyl (C=O) groups excluding carboxylic acids is 1. The standard InChI is InChI=1S/C45H38ClF6N9O5S/c1-43(2,67(64,65)25-5-6-25)13-12-24-4-7-26(27-9-11-30(46)34-37(27)61(3)60-40(34)57-42-59-58-41(66-42)44(63)14-15-44)36(55-24)31(18-21-16-22(47)19-23(48)17-21)56-32(62)20-54-38-33(35(53)39(49)50)28-8-10-29(28)45(38,51)52/h4,7,9,11,16-17,19,25,28-29,31,39,63H,5-6,14-15,18,20,53H2,1-3H3,(H,56,62)(H,57,59,60)/t28-,29+,31-/m0/s1. The lowest BCUT2D eigenvalue weighted by Crippen LogP contribution is -2.35. The number of fused-ring (bicyclic) bond motifs is 2. The van der Waals surface area contributed by atoms with Crippen molar-refractivity contribution in [1.29, 1.82) is 0 Å². The Labute approximate surface area is 383 Å². The lowest BCUT2D eigenvalue weighted by Gasteiger charge is -2.23. The normalized spacial score (nSPS) is 20.9. The Bertz CT molecular complexity index is 3190. The van der Waals surface area contributed by atoms with Gasteiger partial charge in [-0.05, 0) is 87.8 Å². The maximum absolute atomic E-state index is 15.6. The zero-order chi connectivity index (χ0) is 48.0. The number of allylic oxidation sites excluding steroid dienone is 2. The smallest absolute Gasteiger partial charge is 0.321 e. The first-order valence-corrected chi connectivity index (χ1v) is 22.7. The summed E-state index contributed by atoms with van der Waals surface area (Å²) in [5.74, 6) is 0.756. The Kier molecular flexibility index (Phi) is 11.2. The van der Waals surface area contributed by atoms with E-state index in [0.717, 1.165) is 12.1 Å². The molecule has 0 aliphatic heterocycles. The van der Waals surface area contributed by atoms with Crippen LogP contribution in [0.2, 0.25) is 5.02 Å². The van der Waals surface area contributed by atoms with Crippen molar-refractivity contribution in [1.82, 2.24) is 30.3 Å².